The molecule has 0 aliphatic carbocycles. The van der Waals surface area contributed by atoms with Gasteiger partial charge in [0.2, 0.25) is 0 Å². The van der Waals surface area contributed by atoms with Crippen molar-refractivity contribution in [1.29, 1.82) is 0 Å². The van der Waals surface area contributed by atoms with E-state index in [4.69, 9.17) is 4.74 Å². The fourth-order valence-electron chi connectivity index (χ4n) is 2.46. The Balaban J connectivity index is 1.78. The van der Waals surface area contributed by atoms with E-state index in [1.54, 1.807) is 42.3 Å². The number of halogens is 1. The largest absolute Gasteiger partial charge is 0.488 e. The Labute approximate surface area is 146 Å². The van der Waals surface area contributed by atoms with Gasteiger partial charge in [-0.25, -0.2) is 4.39 Å². The second-order valence-corrected chi connectivity index (χ2v) is 5.61. The third kappa shape index (κ3) is 4.04. The predicted octanol–water partition coefficient (Wildman–Crippen LogP) is 4.68. The van der Waals surface area contributed by atoms with Crippen LogP contribution in [0.5, 0.6) is 5.75 Å². The molecule has 0 aliphatic rings. The Hall–Kier alpha value is -3.14. The molecule has 0 fully saturated rings. The summed E-state index contributed by atoms with van der Waals surface area (Å²) < 4.78 is 18.8. The van der Waals surface area contributed by atoms with Gasteiger partial charge < -0.3 is 9.64 Å². The molecule has 0 bridgehead atoms. The minimum absolute atomic E-state index is 0.152. The Kier molecular flexibility index (Phi) is 5.09. The van der Waals surface area contributed by atoms with Crippen LogP contribution in [-0.2, 0) is 6.61 Å². The van der Waals surface area contributed by atoms with Crippen molar-refractivity contribution in [3.63, 3.8) is 0 Å². The molecule has 0 unspecified atom stereocenters. The molecule has 0 N–H and O–H groups in total. The zero-order valence-corrected chi connectivity index (χ0v) is 13.9. The van der Waals surface area contributed by atoms with Crippen molar-refractivity contribution >= 4 is 11.6 Å². The topological polar surface area (TPSA) is 29.5 Å². The average molecular weight is 335 g/mol. The molecule has 1 amide bonds. The molecule has 25 heavy (non-hydrogen) atoms. The minimum Gasteiger partial charge on any atom is -0.488 e. The Morgan fingerprint density at radius 3 is 2.28 bits per heavy atom. The van der Waals surface area contributed by atoms with Gasteiger partial charge in [-0.2, -0.15) is 0 Å². The Bertz CT molecular complexity index is 847. The van der Waals surface area contributed by atoms with E-state index in [1.165, 1.54) is 12.1 Å². The molecule has 0 saturated heterocycles. The highest BCUT2D eigenvalue weighted by atomic mass is 19.1. The zero-order valence-electron chi connectivity index (χ0n) is 13.9. The van der Waals surface area contributed by atoms with Crippen LogP contribution < -0.4 is 9.64 Å². The number of rotatable bonds is 5. The first-order valence-corrected chi connectivity index (χ1v) is 7.94. The van der Waals surface area contributed by atoms with E-state index in [0.717, 1.165) is 11.3 Å². The highest BCUT2D eigenvalue weighted by Gasteiger charge is 2.17. The number of carbonyl (C=O) groups excluding carboxylic acids is 1. The lowest BCUT2D eigenvalue weighted by molar-refractivity contribution is 0.0988. The van der Waals surface area contributed by atoms with Crippen LogP contribution in [-0.4, -0.2) is 13.0 Å². The number of nitrogens with zero attached hydrogens (tertiary/aromatic N) is 1. The van der Waals surface area contributed by atoms with Gasteiger partial charge in [0.25, 0.3) is 5.91 Å². The fraction of sp³-hybridized carbons (Fsp3) is 0.0952. The second kappa shape index (κ2) is 7.62. The molecule has 0 spiro atoms. The molecule has 3 rings (SSSR count). The third-order valence-corrected chi connectivity index (χ3v) is 3.87. The molecule has 0 radical (unpaired) electrons. The fourth-order valence-corrected chi connectivity index (χ4v) is 2.46. The van der Waals surface area contributed by atoms with E-state index < -0.39 is 0 Å². The van der Waals surface area contributed by atoms with E-state index in [9.17, 15) is 9.18 Å². The normalized spacial score (nSPS) is 10.3. The van der Waals surface area contributed by atoms with E-state index in [0.29, 0.717) is 11.3 Å². The number of para-hydroxylation sites is 2. The number of hydrogen-bond acceptors (Lipinski definition) is 2. The molecule has 4 heteroatoms. The number of benzene rings is 3. The van der Waals surface area contributed by atoms with Gasteiger partial charge in [-0.3, -0.25) is 4.79 Å². The van der Waals surface area contributed by atoms with Gasteiger partial charge in [-0.1, -0.05) is 42.5 Å². The molecule has 0 atom stereocenters. The average Bonchev–Trinajstić information content (AvgIpc) is 2.67. The maximum atomic E-state index is 13.0. The van der Waals surface area contributed by atoms with Crippen LogP contribution in [0, 0.1) is 5.82 Å². The monoisotopic (exact) mass is 335 g/mol. The summed E-state index contributed by atoms with van der Waals surface area (Å²) in [5.74, 6) is 0.0596. The SMILES string of the molecule is CN(C(=O)c1ccccc1OCc1ccc(F)cc1)c1ccccc1. The van der Waals surface area contributed by atoms with E-state index >= 15 is 0 Å². The second-order valence-electron chi connectivity index (χ2n) is 5.61. The molecule has 0 aliphatic heterocycles. The van der Waals surface area contributed by atoms with Crippen molar-refractivity contribution in [2.45, 2.75) is 6.61 Å². The van der Waals surface area contributed by atoms with Gasteiger partial charge >= 0.3 is 0 Å². The number of carbonyl (C=O) groups is 1. The number of anilines is 1. The summed E-state index contributed by atoms with van der Waals surface area (Å²) in [6.07, 6.45) is 0. The molecule has 3 nitrogen and oxygen atoms in total. The van der Waals surface area contributed by atoms with Crippen LogP contribution in [0.1, 0.15) is 15.9 Å². The van der Waals surface area contributed by atoms with Crippen molar-refractivity contribution in [2.75, 3.05) is 11.9 Å². The highest BCUT2D eigenvalue weighted by Crippen LogP contribution is 2.23. The first-order chi connectivity index (χ1) is 12.1. The minimum atomic E-state index is -0.288. The van der Waals surface area contributed by atoms with E-state index in [1.807, 2.05) is 36.4 Å². The maximum Gasteiger partial charge on any atom is 0.261 e. The van der Waals surface area contributed by atoms with Crippen LogP contribution in [0.15, 0.2) is 78.9 Å². The Morgan fingerprint density at radius 2 is 1.56 bits per heavy atom. The predicted molar refractivity (Wildman–Crippen MR) is 96.3 cm³/mol. The van der Waals surface area contributed by atoms with Crippen molar-refractivity contribution < 1.29 is 13.9 Å². The smallest absolute Gasteiger partial charge is 0.261 e. The van der Waals surface area contributed by atoms with Crippen LogP contribution >= 0.6 is 0 Å². The van der Waals surface area contributed by atoms with Crippen LogP contribution in [0.4, 0.5) is 10.1 Å². The summed E-state index contributed by atoms with van der Waals surface area (Å²) in [7, 11) is 1.73. The third-order valence-electron chi connectivity index (χ3n) is 3.87. The molecule has 0 aromatic heterocycles. The van der Waals surface area contributed by atoms with Crippen molar-refractivity contribution in [3.8, 4) is 5.75 Å². The van der Waals surface area contributed by atoms with E-state index in [-0.39, 0.29) is 18.3 Å². The zero-order chi connectivity index (χ0) is 17.6. The molecular weight excluding hydrogens is 317 g/mol. The molecule has 3 aromatic rings. The summed E-state index contributed by atoms with van der Waals surface area (Å²) in [6.45, 7) is 0.264. The molecular formula is C21H18FNO2. The van der Waals surface area contributed by atoms with Gasteiger partial charge in [0.15, 0.2) is 0 Å². The van der Waals surface area contributed by atoms with Crippen molar-refractivity contribution in [1.82, 2.24) is 0 Å². The van der Waals surface area contributed by atoms with E-state index in [2.05, 4.69) is 0 Å². The van der Waals surface area contributed by atoms with Crippen molar-refractivity contribution in [3.05, 3.63) is 95.8 Å². The molecule has 126 valence electrons. The quantitative estimate of drug-likeness (QED) is 0.677. The number of ether oxygens (including phenoxy) is 1. The molecule has 0 saturated carbocycles. The number of hydrogen-bond donors (Lipinski definition) is 0. The van der Waals surface area contributed by atoms with Gasteiger partial charge in [0.1, 0.15) is 18.2 Å². The van der Waals surface area contributed by atoms with Crippen LogP contribution in [0.2, 0.25) is 0 Å². The maximum absolute atomic E-state index is 13.0. The van der Waals surface area contributed by atoms with Crippen LogP contribution in [0.3, 0.4) is 0 Å². The Morgan fingerprint density at radius 1 is 0.920 bits per heavy atom. The lowest BCUT2D eigenvalue weighted by Crippen LogP contribution is -2.26. The highest BCUT2D eigenvalue weighted by molar-refractivity contribution is 6.07. The first-order valence-electron chi connectivity index (χ1n) is 7.94. The summed E-state index contributed by atoms with van der Waals surface area (Å²) in [5.41, 5.74) is 2.12. The molecule has 3 aromatic carbocycles. The van der Waals surface area contributed by atoms with Gasteiger partial charge in [0, 0.05) is 12.7 Å². The lowest BCUT2D eigenvalue weighted by Gasteiger charge is -2.19. The number of amides is 1. The first kappa shape index (κ1) is 16.7. The summed E-state index contributed by atoms with van der Waals surface area (Å²) in [4.78, 5) is 14.4. The summed E-state index contributed by atoms with van der Waals surface area (Å²) >= 11 is 0. The summed E-state index contributed by atoms with van der Waals surface area (Å²) in [5, 5.41) is 0. The molecule has 0 heterocycles. The van der Waals surface area contributed by atoms with Gasteiger partial charge in [-0.15, -0.1) is 0 Å². The van der Waals surface area contributed by atoms with Crippen LogP contribution in [0.25, 0.3) is 0 Å². The summed E-state index contributed by atoms with van der Waals surface area (Å²) in [6, 6.07) is 22.6. The van der Waals surface area contributed by atoms with Gasteiger partial charge in [-0.05, 0) is 42.0 Å². The lowest BCUT2D eigenvalue weighted by atomic mass is 10.1. The standard InChI is InChI=1S/C21H18FNO2/c1-23(18-7-3-2-4-8-18)21(24)19-9-5-6-10-20(19)25-15-16-11-13-17(22)14-12-16/h2-14H,15H2,1H3. The van der Waals surface area contributed by atoms with Gasteiger partial charge in [0.05, 0.1) is 5.56 Å². The van der Waals surface area contributed by atoms with Crippen molar-refractivity contribution in [2.24, 2.45) is 0 Å².